The van der Waals surface area contributed by atoms with Crippen LogP contribution >= 0.6 is 34.8 Å². The first-order valence-corrected chi connectivity index (χ1v) is 11.7. The summed E-state index contributed by atoms with van der Waals surface area (Å²) < 4.78 is 6.70. The van der Waals surface area contributed by atoms with E-state index in [4.69, 9.17) is 39.5 Å². The lowest BCUT2D eigenvalue weighted by Gasteiger charge is -2.12. The van der Waals surface area contributed by atoms with Crippen LogP contribution < -0.4 is 5.32 Å². The molecule has 178 valence electrons. The van der Waals surface area contributed by atoms with Gasteiger partial charge >= 0.3 is 5.97 Å². The van der Waals surface area contributed by atoms with E-state index in [1.807, 2.05) is 0 Å². The standard InChI is InChI=1S/C25H19Cl3N4O3/c1-2-35-22(33)13-19-23(25(34)30-18-4-3-11-29-14-18)31-32(21-10-9-17(27)12-20(21)28)24(19)15-5-7-16(26)8-6-15/h3-12,14H,2,13H2,1H3,(H,30,34). The van der Waals surface area contributed by atoms with Crippen molar-refractivity contribution in [3.05, 3.63) is 93.3 Å². The number of nitrogens with one attached hydrogen (secondary N) is 1. The Morgan fingerprint density at radius 2 is 1.77 bits per heavy atom. The number of carbonyl (C=O) groups is 2. The molecule has 10 heteroatoms. The first-order chi connectivity index (χ1) is 16.9. The average molecular weight is 530 g/mol. The maximum atomic E-state index is 13.4. The molecule has 0 spiro atoms. The average Bonchev–Trinajstić information content (AvgIpc) is 3.19. The molecule has 1 N–H and O–H groups in total. The van der Waals surface area contributed by atoms with Gasteiger partial charge in [0.05, 0.1) is 41.3 Å². The van der Waals surface area contributed by atoms with E-state index in [0.717, 1.165) is 0 Å². The zero-order chi connectivity index (χ0) is 24.9. The fourth-order valence-electron chi connectivity index (χ4n) is 3.52. The third-order valence-electron chi connectivity index (χ3n) is 5.00. The molecule has 35 heavy (non-hydrogen) atoms. The molecule has 0 fully saturated rings. The van der Waals surface area contributed by atoms with Crippen molar-refractivity contribution in [2.75, 3.05) is 11.9 Å². The second kappa shape index (κ2) is 10.9. The zero-order valence-electron chi connectivity index (χ0n) is 18.5. The number of nitrogens with zero attached hydrogens (tertiary/aromatic N) is 3. The van der Waals surface area contributed by atoms with Crippen LogP contribution in [0.2, 0.25) is 15.1 Å². The van der Waals surface area contributed by atoms with Crippen LogP contribution in [0.4, 0.5) is 5.69 Å². The number of amides is 1. The van der Waals surface area contributed by atoms with Gasteiger partial charge in [-0.05, 0) is 49.4 Å². The lowest BCUT2D eigenvalue weighted by atomic mass is 10.0. The van der Waals surface area contributed by atoms with Crippen LogP contribution in [-0.2, 0) is 16.0 Å². The second-order valence-electron chi connectivity index (χ2n) is 7.37. The summed E-state index contributed by atoms with van der Waals surface area (Å²) in [6.07, 6.45) is 2.92. The van der Waals surface area contributed by atoms with Crippen LogP contribution in [0.5, 0.6) is 0 Å². The summed E-state index contributed by atoms with van der Waals surface area (Å²) in [6, 6.07) is 15.3. The number of hydrogen-bond donors (Lipinski definition) is 1. The Balaban J connectivity index is 1.94. The van der Waals surface area contributed by atoms with E-state index in [1.165, 1.54) is 10.9 Å². The quantitative estimate of drug-likeness (QED) is 0.286. The summed E-state index contributed by atoms with van der Waals surface area (Å²) in [4.78, 5) is 29.9. The van der Waals surface area contributed by atoms with E-state index < -0.39 is 11.9 Å². The van der Waals surface area contributed by atoms with E-state index >= 15 is 0 Å². The van der Waals surface area contributed by atoms with Gasteiger partial charge in [0.15, 0.2) is 5.69 Å². The molecule has 4 aromatic rings. The number of carbonyl (C=O) groups excluding carboxylic acids is 2. The van der Waals surface area contributed by atoms with Crippen molar-refractivity contribution in [1.82, 2.24) is 14.8 Å². The van der Waals surface area contributed by atoms with Crippen molar-refractivity contribution in [2.24, 2.45) is 0 Å². The van der Waals surface area contributed by atoms with Gasteiger partial charge in [-0.15, -0.1) is 0 Å². The summed E-state index contributed by atoms with van der Waals surface area (Å²) in [5.74, 6) is -1.02. The number of benzene rings is 2. The van der Waals surface area contributed by atoms with Gasteiger partial charge in [-0.25, -0.2) is 4.68 Å². The Labute approximate surface area is 216 Å². The van der Waals surface area contributed by atoms with Crippen LogP contribution in [0.25, 0.3) is 16.9 Å². The Hall–Kier alpha value is -3.39. The van der Waals surface area contributed by atoms with E-state index in [1.54, 1.807) is 67.7 Å². The number of anilines is 1. The van der Waals surface area contributed by atoms with Crippen molar-refractivity contribution >= 4 is 52.4 Å². The minimum atomic E-state index is -0.517. The predicted octanol–water partition coefficient (Wildman–Crippen LogP) is 6.25. The molecule has 0 radical (unpaired) electrons. The van der Waals surface area contributed by atoms with Crippen LogP contribution in [0.3, 0.4) is 0 Å². The molecule has 0 saturated heterocycles. The molecule has 0 saturated carbocycles. The van der Waals surface area contributed by atoms with Crippen LogP contribution in [-0.4, -0.2) is 33.2 Å². The molecule has 0 aliphatic heterocycles. The first kappa shape index (κ1) is 24.7. The van der Waals surface area contributed by atoms with Gasteiger partial charge in [0, 0.05) is 27.4 Å². The lowest BCUT2D eigenvalue weighted by molar-refractivity contribution is -0.142. The number of ether oxygens (including phenoxy) is 1. The van der Waals surface area contributed by atoms with Crippen molar-refractivity contribution in [3.63, 3.8) is 0 Å². The molecule has 0 aliphatic rings. The Bertz CT molecular complexity index is 1370. The number of aromatic nitrogens is 3. The van der Waals surface area contributed by atoms with Crippen molar-refractivity contribution in [3.8, 4) is 16.9 Å². The zero-order valence-corrected chi connectivity index (χ0v) is 20.7. The van der Waals surface area contributed by atoms with Crippen LogP contribution in [0.1, 0.15) is 23.0 Å². The molecule has 2 aromatic heterocycles. The Morgan fingerprint density at radius 1 is 1.03 bits per heavy atom. The SMILES string of the molecule is CCOC(=O)Cc1c(C(=O)Nc2cccnc2)nn(-c2ccc(Cl)cc2Cl)c1-c1ccc(Cl)cc1. The molecule has 0 atom stereocenters. The van der Waals surface area contributed by atoms with E-state index in [9.17, 15) is 9.59 Å². The molecule has 2 heterocycles. The van der Waals surface area contributed by atoms with Crippen molar-refractivity contribution in [2.45, 2.75) is 13.3 Å². The molecule has 1 amide bonds. The lowest BCUT2D eigenvalue weighted by Crippen LogP contribution is -2.17. The van der Waals surface area contributed by atoms with E-state index in [2.05, 4.69) is 15.4 Å². The maximum absolute atomic E-state index is 13.4. The highest BCUT2D eigenvalue weighted by molar-refractivity contribution is 6.35. The summed E-state index contributed by atoms with van der Waals surface area (Å²) in [6.45, 7) is 1.91. The molecule has 4 rings (SSSR count). The molecule has 0 aliphatic carbocycles. The number of hydrogen-bond acceptors (Lipinski definition) is 5. The van der Waals surface area contributed by atoms with Gasteiger partial charge in [-0.3, -0.25) is 14.6 Å². The monoisotopic (exact) mass is 528 g/mol. The summed E-state index contributed by atoms with van der Waals surface area (Å²) in [7, 11) is 0. The number of halogens is 3. The molecule has 0 bridgehead atoms. The summed E-state index contributed by atoms with van der Waals surface area (Å²) in [5, 5.41) is 8.67. The largest absolute Gasteiger partial charge is 0.466 e. The highest BCUT2D eigenvalue weighted by Gasteiger charge is 2.28. The normalized spacial score (nSPS) is 10.7. The van der Waals surface area contributed by atoms with Gasteiger partial charge in [-0.1, -0.05) is 46.9 Å². The smallest absolute Gasteiger partial charge is 0.310 e. The highest BCUT2D eigenvalue weighted by atomic mass is 35.5. The third kappa shape index (κ3) is 5.65. The number of esters is 1. The van der Waals surface area contributed by atoms with Crippen molar-refractivity contribution in [1.29, 1.82) is 0 Å². The minimum Gasteiger partial charge on any atom is -0.466 e. The van der Waals surface area contributed by atoms with E-state index in [0.29, 0.717) is 43.3 Å². The second-order valence-corrected chi connectivity index (χ2v) is 8.65. The van der Waals surface area contributed by atoms with E-state index in [-0.39, 0.29) is 18.7 Å². The number of pyridine rings is 1. The van der Waals surface area contributed by atoms with Gasteiger partial charge < -0.3 is 10.1 Å². The van der Waals surface area contributed by atoms with Crippen molar-refractivity contribution < 1.29 is 14.3 Å². The molecule has 2 aromatic carbocycles. The third-order valence-corrected chi connectivity index (χ3v) is 5.79. The molecule has 7 nitrogen and oxygen atoms in total. The fourth-order valence-corrected chi connectivity index (χ4v) is 4.13. The predicted molar refractivity (Wildman–Crippen MR) is 137 cm³/mol. The summed E-state index contributed by atoms with van der Waals surface area (Å²) in [5.41, 5.74) is 2.54. The first-order valence-electron chi connectivity index (χ1n) is 10.6. The molecule has 0 unspecified atom stereocenters. The number of rotatable bonds is 7. The Morgan fingerprint density at radius 3 is 2.43 bits per heavy atom. The fraction of sp³-hybridized carbons (Fsp3) is 0.120. The van der Waals surface area contributed by atoms with Gasteiger partial charge in [-0.2, -0.15) is 5.10 Å². The molecular weight excluding hydrogens is 511 g/mol. The van der Waals surface area contributed by atoms with Crippen LogP contribution in [0.15, 0.2) is 67.0 Å². The maximum Gasteiger partial charge on any atom is 0.310 e. The van der Waals surface area contributed by atoms with Gasteiger partial charge in [0.1, 0.15) is 0 Å². The highest BCUT2D eigenvalue weighted by Crippen LogP contribution is 2.34. The van der Waals surface area contributed by atoms with Gasteiger partial charge in [0.25, 0.3) is 5.91 Å². The minimum absolute atomic E-state index is 0.0397. The molecular formula is C25H19Cl3N4O3. The van der Waals surface area contributed by atoms with Crippen LogP contribution in [0, 0.1) is 0 Å². The van der Waals surface area contributed by atoms with Gasteiger partial charge in [0.2, 0.25) is 0 Å². The topological polar surface area (TPSA) is 86.1 Å². The Kier molecular flexibility index (Phi) is 7.70. The summed E-state index contributed by atoms with van der Waals surface area (Å²) >= 11 is 18.7.